The highest BCUT2D eigenvalue weighted by Gasteiger charge is 2.07. The summed E-state index contributed by atoms with van der Waals surface area (Å²) in [5.41, 5.74) is 4.72. The number of pyridine rings is 3. The predicted octanol–water partition coefficient (Wildman–Crippen LogP) is 4.10. The summed E-state index contributed by atoms with van der Waals surface area (Å²) in [4.78, 5) is 8.84. The molecule has 108 valence electrons. The predicted molar refractivity (Wildman–Crippen MR) is 91.2 cm³/mol. The Morgan fingerprint density at radius 3 is 2.65 bits per heavy atom. The summed E-state index contributed by atoms with van der Waals surface area (Å²) in [7, 11) is 0. The van der Waals surface area contributed by atoms with Crippen molar-refractivity contribution in [2.24, 2.45) is 0 Å². The molecule has 4 heterocycles. The second-order valence-corrected chi connectivity index (χ2v) is 5.57. The largest absolute Gasteiger partial charge is 0.255 e. The van der Waals surface area contributed by atoms with E-state index in [9.17, 15) is 0 Å². The van der Waals surface area contributed by atoms with Crippen LogP contribution in [0.2, 0.25) is 0 Å². The van der Waals surface area contributed by atoms with E-state index in [1.807, 2.05) is 35.0 Å². The highest BCUT2D eigenvalue weighted by Crippen LogP contribution is 2.24. The van der Waals surface area contributed by atoms with E-state index in [-0.39, 0.29) is 0 Å². The van der Waals surface area contributed by atoms with Gasteiger partial charge in [0.1, 0.15) is 0 Å². The first-order valence-corrected chi connectivity index (χ1v) is 7.46. The summed E-state index contributed by atoms with van der Waals surface area (Å²) in [6.45, 7) is 0. The fraction of sp³-hybridized carbons (Fsp3) is 0. The van der Waals surface area contributed by atoms with Gasteiger partial charge in [0.2, 0.25) is 0 Å². The average Bonchev–Trinajstić information content (AvgIpc) is 3.02. The average molecular weight is 296 g/mol. The molecule has 0 atom stereocenters. The summed E-state index contributed by atoms with van der Waals surface area (Å²) in [6.07, 6.45) is 5.69. The highest BCUT2D eigenvalue weighted by atomic mass is 15.2. The maximum Gasteiger partial charge on any atom is 0.0950 e. The third kappa shape index (κ3) is 1.96. The van der Waals surface area contributed by atoms with Crippen LogP contribution in [0.15, 0.2) is 73.2 Å². The van der Waals surface area contributed by atoms with Crippen LogP contribution in [-0.2, 0) is 0 Å². The number of fused-ring (bicyclic) bond motifs is 3. The molecule has 0 unspecified atom stereocenters. The summed E-state index contributed by atoms with van der Waals surface area (Å²) in [6, 6.07) is 18.4. The van der Waals surface area contributed by atoms with Crippen molar-refractivity contribution < 1.29 is 0 Å². The standard InChI is InChI=1S/C19H12N4/c1-2-5-14-12-23-16(8-13(14)4-1)10-18(22-23)15-9-19-17(21-11-15)6-3-7-20-19/h1-12H. The van der Waals surface area contributed by atoms with Crippen LogP contribution >= 0.6 is 0 Å². The van der Waals surface area contributed by atoms with Gasteiger partial charge in [-0.1, -0.05) is 24.3 Å². The maximum absolute atomic E-state index is 4.69. The quantitative estimate of drug-likeness (QED) is 0.468. The molecule has 0 N–H and O–H groups in total. The van der Waals surface area contributed by atoms with Crippen molar-refractivity contribution in [2.75, 3.05) is 0 Å². The molecule has 1 aromatic carbocycles. The number of aromatic nitrogens is 4. The van der Waals surface area contributed by atoms with Gasteiger partial charge in [-0.2, -0.15) is 5.10 Å². The van der Waals surface area contributed by atoms with Crippen LogP contribution in [0.3, 0.4) is 0 Å². The Morgan fingerprint density at radius 1 is 0.783 bits per heavy atom. The van der Waals surface area contributed by atoms with Crippen LogP contribution in [0.5, 0.6) is 0 Å². The van der Waals surface area contributed by atoms with Crippen LogP contribution in [-0.4, -0.2) is 19.6 Å². The summed E-state index contributed by atoms with van der Waals surface area (Å²) in [5, 5.41) is 7.08. The van der Waals surface area contributed by atoms with Crippen molar-refractivity contribution in [3.05, 3.63) is 73.2 Å². The Labute approximate surface area is 132 Å². The molecule has 0 bridgehead atoms. The van der Waals surface area contributed by atoms with E-state index in [1.54, 1.807) is 6.20 Å². The van der Waals surface area contributed by atoms with Crippen LogP contribution in [0.25, 0.3) is 38.6 Å². The summed E-state index contributed by atoms with van der Waals surface area (Å²) < 4.78 is 1.92. The zero-order valence-electron chi connectivity index (χ0n) is 12.2. The van der Waals surface area contributed by atoms with E-state index in [2.05, 4.69) is 51.6 Å². The molecule has 0 saturated carbocycles. The molecule has 0 radical (unpaired) electrons. The molecule has 0 fully saturated rings. The van der Waals surface area contributed by atoms with Gasteiger partial charge in [0, 0.05) is 29.5 Å². The molecule has 5 rings (SSSR count). The van der Waals surface area contributed by atoms with E-state index in [0.29, 0.717) is 0 Å². The van der Waals surface area contributed by atoms with Gasteiger partial charge < -0.3 is 0 Å². The monoisotopic (exact) mass is 296 g/mol. The van der Waals surface area contributed by atoms with Crippen LogP contribution in [0, 0.1) is 0 Å². The lowest BCUT2D eigenvalue weighted by Gasteiger charge is -1.99. The van der Waals surface area contributed by atoms with Gasteiger partial charge in [0.25, 0.3) is 0 Å². The number of hydrogen-bond acceptors (Lipinski definition) is 3. The van der Waals surface area contributed by atoms with Crippen LogP contribution in [0.1, 0.15) is 0 Å². The lowest BCUT2D eigenvalue weighted by molar-refractivity contribution is 0.974. The van der Waals surface area contributed by atoms with Gasteiger partial charge >= 0.3 is 0 Å². The van der Waals surface area contributed by atoms with E-state index in [4.69, 9.17) is 0 Å². The molecular weight excluding hydrogens is 284 g/mol. The lowest BCUT2D eigenvalue weighted by Crippen LogP contribution is -1.88. The van der Waals surface area contributed by atoms with Gasteiger partial charge in [0.05, 0.1) is 22.2 Å². The molecule has 0 aliphatic heterocycles. The zero-order valence-corrected chi connectivity index (χ0v) is 12.2. The molecule has 5 aromatic rings. The fourth-order valence-corrected chi connectivity index (χ4v) is 2.91. The molecule has 0 amide bonds. The SMILES string of the molecule is c1ccc2cn3nc(-c4cnc5cccnc5c4)cc3cc2c1. The van der Waals surface area contributed by atoms with Gasteiger partial charge in [-0.05, 0) is 35.7 Å². The van der Waals surface area contributed by atoms with Gasteiger partial charge in [0.15, 0.2) is 0 Å². The fourth-order valence-electron chi connectivity index (χ4n) is 2.91. The summed E-state index contributed by atoms with van der Waals surface area (Å²) in [5.74, 6) is 0. The first-order chi connectivity index (χ1) is 11.4. The van der Waals surface area contributed by atoms with E-state index < -0.39 is 0 Å². The molecule has 23 heavy (non-hydrogen) atoms. The minimum absolute atomic E-state index is 0.882. The van der Waals surface area contributed by atoms with Crippen molar-refractivity contribution >= 4 is 27.3 Å². The number of hydrogen-bond donors (Lipinski definition) is 0. The molecule has 4 heteroatoms. The molecule has 0 aliphatic carbocycles. The van der Waals surface area contributed by atoms with E-state index in [1.165, 1.54) is 10.8 Å². The second-order valence-electron chi connectivity index (χ2n) is 5.57. The van der Waals surface area contributed by atoms with Crippen molar-refractivity contribution in [2.45, 2.75) is 0 Å². The van der Waals surface area contributed by atoms with Crippen molar-refractivity contribution in [3.63, 3.8) is 0 Å². The Bertz CT molecular complexity index is 1120. The van der Waals surface area contributed by atoms with Crippen molar-refractivity contribution in [1.82, 2.24) is 19.6 Å². The minimum atomic E-state index is 0.882. The van der Waals surface area contributed by atoms with Gasteiger partial charge in [-0.15, -0.1) is 0 Å². The summed E-state index contributed by atoms with van der Waals surface area (Å²) >= 11 is 0. The molecule has 4 aromatic heterocycles. The second kappa shape index (κ2) is 4.61. The van der Waals surface area contributed by atoms with Crippen molar-refractivity contribution in [1.29, 1.82) is 0 Å². The highest BCUT2D eigenvalue weighted by molar-refractivity contribution is 5.86. The Morgan fingerprint density at radius 2 is 1.70 bits per heavy atom. The minimum Gasteiger partial charge on any atom is -0.255 e. The Balaban J connectivity index is 1.73. The van der Waals surface area contributed by atoms with Crippen LogP contribution in [0.4, 0.5) is 0 Å². The Kier molecular flexibility index (Phi) is 2.46. The Hall–Kier alpha value is -3.27. The smallest absolute Gasteiger partial charge is 0.0950 e. The van der Waals surface area contributed by atoms with Crippen molar-refractivity contribution in [3.8, 4) is 11.3 Å². The zero-order chi connectivity index (χ0) is 15.2. The van der Waals surface area contributed by atoms with Gasteiger partial charge in [-0.3, -0.25) is 9.97 Å². The van der Waals surface area contributed by atoms with E-state index >= 15 is 0 Å². The van der Waals surface area contributed by atoms with Gasteiger partial charge in [-0.25, -0.2) is 4.52 Å². The molecule has 4 nitrogen and oxygen atoms in total. The maximum atomic E-state index is 4.69. The topological polar surface area (TPSA) is 43.1 Å². The first kappa shape index (κ1) is 12.3. The molecular formula is C19H12N4. The number of benzene rings is 1. The molecule has 0 aliphatic rings. The molecule has 0 saturated heterocycles. The van der Waals surface area contributed by atoms with E-state index in [0.717, 1.165) is 27.8 Å². The third-order valence-electron chi connectivity index (χ3n) is 4.07. The lowest BCUT2D eigenvalue weighted by atomic mass is 10.1. The molecule has 0 spiro atoms. The third-order valence-corrected chi connectivity index (χ3v) is 4.07. The normalized spacial score (nSPS) is 11.5. The number of nitrogens with zero attached hydrogens (tertiary/aromatic N) is 4. The first-order valence-electron chi connectivity index (χ1n) is 7.46. The van der Waals surface area contributed by atoms with Crippen LogP contribution < -0.4 is 0 Å². The number of rotatable bonds is 1.